The van der Waals surface area contributed by atoms with Gasteiger partial charge < -0.3 is 9.97 Å². The molecule has 3 heterocycles. The van der Waals surface area contributed by atoms with Gasteiger partial charge in [-0.05, 0) is 46.3 Å². The van der Waals surface area contributed by atoms with E-state index in [0.717, 1.165) is 20.3 Å². The Morgan fingerprint density at radius 2 is 1.96 bits per heavy atom. The normalized spacial score (nSPS) is 11.6. The molecule has 2 N–H and O–H groups in total. The molecule has 0 spiro atoms. The van der Waals surface area contributed by atoms with Gasteiger partial charge in [0.1, 0.15) is 5.82 Å². The molecule has 3 aromatic heterocycles. The van der Waals surface area contributed by atoms with Gasteiger partial charge in [-0.2, -0.15) is 0 Å². The van der Waals surface area contributed by atoms with Crippen LogP contribution in [0, 0.1) is 5.82 Å². The van der Waals surface area contributed by atoms with Crippen molar-refractivity contribution in [2.24, 2.45) is 0 Å². The van der Waals surface area contributed by atoms with Crippen LogP contribution in [0.25, 0.3) is 32.6 Å². The molecule has 2 aromatic carbocycles. The molecule has 0 unspecified atom stereocenters. The predicted octanol–water partition coefficient (Wildman–Crippen LogP) is 5.01. The van der Waals surface area contributed by atoms with Crippen molar-refractivity contribution in [3.8, 4) is 0 Å². The summed E-state index contributed by atoms with van der Waals surface area (Å²) in [7, 11) is 0. The Balaban J connectivity index is 1.84. The van der Waals surface area contributed by atoms with Crippen LogP contribution in [0.1, 0.15) is 0 Å². The second-order valence-corrected chi connectivity index (χ2v) is 7.97. The highest BCUT2D eigenvalue weighted by Gasteiger charge is 2.16. The third-order valence-corrected chi connectivity index (χ3v) is 5.59. The highest BCUT2D eigenvalue weighted by atomic mass is 79.9. The van der Waals surface area contributed by atoms with Crippen molar-refractivity contribution in [1.82, 2.24) is 19.9 Å². The summed E-state index contributed by atoms with van der Waals surface area (Å²) in [6, 6.07) is 8.18. The van der Waals surface area contributed by atoms with Crippen molar-refractivity contribution >= 4 is 60.3 Å². The van der Waals surface area contributed by atoms with Crippen LogP contribution in [-0.2, 0) is 0 Å². The molecular weight excluding hydrogens is 431 g/mol. The van der Waals surface area contributed by atoms with E-state index in [4.69, 9.17) is 4.98 Å². The van der Waals surface area contributed by atoms with Crippen molar-refractivity contribution in [3.05, 3.63) is 69.6 Å². The molecule has 0 bridgehead atoms. The molecule has 0 saturated carbocycles. The molecule has 0 aliphatic carbocycles. The topological polar surface area (TPSA) is 74.4 Å². The van der Waals surface area contributed by atoms with Crippen molar-refractivity contribution in [2.45, 2.75) is 10.1 Å². The number of nitrogens with one attached hydrogen (secondary N) is 2. The van der Waals surface area contributed by atoms with Gasteiger partial charge in [0.2, 0.25) is 0 Å². The van der Waals surface area contributed by atoms with Crippen LogP contribution < -0.4 is 5.56 Å². The summed E-state index contributed by atoms with van der Waals surface area (Å²) in [6.45, 7) is 0. The van der Waals surface area contributed by atoms with E-state index in [-0.39, 0.29) is 11.4 Å². The quantitative estimate of drug-likeness (QED) is 0.378. The largest absolute Gasteiger partial charge is 0.332 e. The highest BCUT2D eigenvalue weighted by molar-refractivity contribution is 9.10. The zero-order chi connectivity index (χ0) is 18.5. The molecule has 0 aliphatic heterocycles. The van der Waals surface area contributed by atoms with E-state index in [2.05, 4.69) is 30.9 Å². The van der Waals surface area contributed by atoms with E-state index < -0.39 is 0 Å². The standard InChI is InChI=1S/C19H10BrFN4OS/c20-9-5-11(8-22-7-9)27-19-24-16-12-2-1-10(21)6-14(12)15-13(17(16)25-19)3-4-23-18(15)26/h1-8H,(H,23,26)(H,24,25). The maximum absolute atomic E-state index is 13.9. The Bertz CT molecular complexity index is 1410. The zero-order valence-corrected chi connectivity index (χ0v) is 16.0. The monoisotopic (exact) mass is 440 g/mol. The summed E-state index contributed by atoms with van der Waals surface area (Å²) in [5.41, 5.74) is 1.19. The zero-order valence-electron chi connectivity index (χ0n) is 13.6. The number of imidazole rings is 1. The Hall–Kier alpha value is -2.71. The lowest BCUT2D eigenvalue weighted by molar-refractivity contribution is 0.630. The number of rotatable bonds is 2. The summed E-state index contributed by atoms with van der Waals surface area (Å²) >= 11 is 4.84. The summed E-state index contributed by atoms with van der Waals surface area (Å²) in [5, 5.41) is 3.10. The first-order chi connectivity index (χ1) is 13.1. The molecule has 0 aliphatic rings. The Morgan fingerprint density at radius 3 is 2.81 bits per heavy atom. The van der Waals surface area contributed by atoms with Crippen LogP contribution in [0.3, 0.4) is 0 Å². The van der Waals surface area contributed by atoms with E-state index in [1.165, 1.54) is 23.9 Å². The SMILES string of the molecule is O=c1[nH]ccc2c3nc(Sc4cncc(Br)c4)[nH]c3c3ccc(F)cc3c12. The van der Waals surface area contributed by atoms with Gasteiger partial charge in [0.25, 0.3) is 5.56 Å². The van der Waals surface area contributed by atoms with Gasteiger partial charge in [-0.15, -0.1) is 0 Å². The van der Waals surface area contributed by atoms with Gasteiger partial charge >= 0.3 is 0 Å². The van der Waals surface area contributed by atoms with Gasteiger partial charge in [0.15, 0.2) is 5.16 Å². The van der Waals surface area contributed by atoms with Crippen LogP contribution in [0.2, 0.25) is 0 Å². The van der Waals surface area contributed by atoms with Crippen molar-refractivity contribution in [3.63, 3.8) is 0 Å². The van der Waals surface area contributed by atoms with Crippen molar-refractivity contribution in [2.75, 3.05) is 0 Å². The van der Waals surface area contributed by atoms with Gasteiger partial charge in [-0.25, -0.2) is 9.37 Å². The van der Waals surface area contributed by atoms with Gasteiger partial charge in [0.05, 0.1) is 16.4 Å². The molecule has 8 heteroatoms. The number of aromatic amines is 2. The Kier molecular flexibility index (Phi) is 3.76. The van der Waals surface area contributed by atoms with Gasteiger partial charge in [-0.1, -0.05) is 11.8 Å². The number of fused-ring (bicyclic) bond motifs is 6. The average molecular weight is 441 g/mol. The Morgan fingerprint density at radius 1 is 1.07 bits per heavy atom. The lowest BCUT2D eigenvalue weighted by Gasteiger charge is -2.05. The first-order valence-corrected chi connectivity index (χ1v) is 9.62. The summed E-state index contributed by atoms with van der Waals surface area (Å²) in [5.74, 6) is -0.388. The van der Waals surface area contributed by atoms with Gasteiger partial charge in [0, 0.05) is 44.1 Å². The minimum absolute atomic E-state index is 0.265. The number of pyridine rings is 2. The molecule has 5 nitrogen and oxygen atoms in total. The fraction of sp³-hybridized carbons (Fsp3) is 0. The third-order valence-electron chi connectivity index (χ3n) is 4.31. The number of nitrogens with zero attached hydrogens (tertiary/aromatic N) is 2. The van der Waals surface area contributed by atoms with Gasteiger partial charge in [-0.3, -0.25) is 9.78 Å². The van der Waals surface area contributed by atoms with Crippen molar-refractivity contribution < 1.29 is 4.39 Å². The number of aromatic nitrogens is 4. The Labute approximate surface area is 164 Å². The molecule has 5 rings (SSSR count). The first kappa shape index (κ1) is 16.5. The number of H-pyrrole nitrogens is 2. The minimum Gasteiger partial charge on any atom is -0.332 e. The van der Waals surface area contributed by atoms with E-state index in [1.807, 2.05) is 6.07 Å². The fourth-order valence-corrected chi connectivity index (χ4v) is 4.56. The lowest BCUT2D eigenvalue weighted by Crippen LogP contribution is -2.05. The number of benzene rings is 2. The number of halogens is 2. The molecule has 0 fully saturated rings. The molecule has 27 heavy (non-hydrogen) atoms. The summed E-state index contributed by atoms with van der Waals surface area (Å²) in [4.78, 5) is 28.2. The maximum atomic E-state index is 13.9. The van der Waals surface area contributed by atoms with Crippen LogP contribution >= 0.6 is 27.7 Å². The van der Waals surface area contributed by atoms with Crippen LogP contribution in [-0.4, -0.2) is 19.9 Å². The third kappa shape index (κ3) is 2.72. The average Bonchev–Trinajstić information content (AvgIpc) is 3.05. The summed E-state index contributed by atoms with van der Waals surface area (Å²) < 4.78 is 14.7. The summed E-state index contributed by atoms with van der Waals surface area (Å²) in [6.07, 6.45) is 5.04. The smallest absolute Gasteiger partial charge is 0.256 e. The second kappa shape index (κ2) is 6.17. The van der Waals surface area contributed by atoms with E-state index in [9.17, 15) is 9.18 Å². The molecule has 0 atom stereocenters. The molecule has 132 valence electrons. The van der Waals surface area contributed by atoms with Crippen LogP contribution in [0.15, 0.2) is 68.2 Å². The van der Waals surface area contributed by atoms with Crippen LogP contribution in [0.5, 0.6) is 0 Å². The van der Waals surface area contributed by atoms with E-state index in [1.54, 1.807) is 30.7 Å². The number of hydrogen-bond donors (Lipinski definition) is 2. The second-order valence-electron chi connectivity index (χ2n) is 5.99. The fourth-order valence-electron chi connectivity index (χ4n) is 3.23. The first-order valence-electron chi connectivity index (χ1n) is 8.01. The number of hydrogen-bond acceptors (Lipinski definition) is 4. The molecular formula is C19H10BrFN4OS. The molecule has 0 radical (unpaired) electrons. The maximum Gasteiger partial charge on any atom is 0.256 e. The minimum atomic E-state index is -0.388. The van der Waals surface area contributed by atoms with Crippen molar-refractivity contribution in [1.29, 1.82) is 0 Å². The molecule has 0 saturated heterocycles. The lowest BCUT2D eigenvalue weighted by atomic mass is 10.0. The van der Waals surface area contributed by atoms with E-state index >= 15 is 0 Å². The highest BCUT2D eigenvalue weighted by Crippen LogP contribution is 2.35. The molecule has 5 aromatic rings. The van der Waals surface area contributed by atoms with E-state index in [0.29, 0.717) is 26.8 Å². The predicted molar refractivity (Wildman–Crippen MR) is 108 cm³/mol. The van der Waals surface area contributed by atoms with Crippen LogP contribution in [0.4, 0.5) is 4.39 Å². The molecule has 0 amide bonds.